The Kier molecular flexibility index (Phi) is 4.51. The first-order chi connectivity index (χ1) is 11.2. The number of nitrogens with one attached hydrogen (secondary N) is 2. The Morgan fingerprint density at radius 2 is 2.22 bits per heavy atom. The number of rotatable bonds is 6. The van der Waals surface area contributed by atoms with Gasteiger partial charge in [-0.1, -0.05) is 23.4 Å². The lowest BCUT2D eigenvalue weighted by atomic mass is 10.2. The van der Waals surface area contributed by atoms with Crippen LogP contribution >= 0.6 is 0 Å². The monoisotopic (exact) mass is 316 g/mol. The van der Waals surface area contributed by atoms with Crippen molar-refractivity contribution < 1.29 is 18.8 Å². The van der Waals surface area contributed by atoms with Crippen molar-refractivity contribution in [3.63, 3.8) is 0 Å². The summed E-state index contributed by atoms with van der Waals surface area (Å²) in [6.45, 7) is 0.0502. The Labute approximate surface area is 132 Å². The summed E-state index contributed by atoms with van der Waals surface area (Å²) in [5.74, 6) is 1.03. The Hall–Kier alpha value is -2.90. The molecule has 2 amide bonds. The van der Waals surface area contributed by atoms with E-state index in [4.69, 9.17) is 9.26 Å². The molecule has 0 spiro atoms. The van der Waals surface area contributed by atoms with Crippen LogP contribution in [-0.4, -0.2) is 28.6 Å². The minimum Gasteiger partial charge on any atom is -0.484 e. The maximum absolute atomic E-state index is 11.7. The molecule has 2 N–H and O–H groups in total. The molecule has 1 atom stereocenters. The van der Waals surface area contributed by atoms with E-state index in [1.165, 1.54) is 0 Å². The third-order valence-corrected chi connectivity index (χ3v) is 3.33. The third kappa shape index (κ3) is 4.06. The lowest BCUT2D eigenvalue weighted by Gasteiger charge is -2.05. The van der Waals surface area contributed by atoms with Gasteiger partial charge in [0.25, 0.3) is 5.91 Å². The smallest absolute Gasteiger partial charge is 0.258 e. The van der Waals surface area contributed by atoms with Gasteiger partial charge in [-0.15, -0.1) is 0 Å². The van der Waals surface area contributed by atoms with Crippen LogP contribution in [0.1, 0.15) is 30.6 Å². The fourth-order valence-electron chi connectivity index (χ4n) is 2.17. The van der Waals surface area contributed by atoms with Gasteiger partial charge in [-0.25, -0.2) is 0 Å². The van der Waals surface area contributed by atoms with Crippen LogP contribution < -0.4 is 15.4 Å². The minimum atomic E-state index is -0.283. The van der Waals surface area contributed by atoms with Crippen LogP contribution in [-0.2, 0) is 16.1 Å². The van der Waals surface area contributed by atoms with E-state index in [2.05, 4.69) is 20.8 Å². The highest BCUT2D eigenvalue weighted by Gasteiger charge is 2.27. The maximum Gasteiger partial charge on any atom is 0.258 e. The first kappa shape index (κ1) is 15.0. The van der Waals surface area contributed by atoms with Gasteiger partial charge in [0, 0.05) is 6.42 Å². The summed E-state index contributed by atoms with van der Waals surface area (Å²) in [7, 11) is 0. The summed E-state index contributed by atoms with van der Waals surface area (Å²) < 4.78 is 10.4. The van der Waals surface area contributed by atoms with Crippen LogP contribution in [0.15, 0.2) is 34.9 Å². The summed E-state index contributed by atoms with van der Waals surface area (Å²) in [6, 6.07) is 8.84. The van der Waals surface area contributed by atoms with Gasteiger partial charge in [0.1, 0.15) is 11.8 Å². The average Bonchev–Trinajstić information content (AvgIpc) is 3.20. The van der Waals surface area contributed by atoms with Gasteiger partial charge in [0.15, 0.2) is 12.4 Å². The molecule has 2 heterocycles. The Bertz CT molecular complexity index is 686. The van der Waals surface area contributed by atoms with Gasteiger partial charge in [0.2, 0.25) is 11.8 Å². The van der Waals surface area contributed by atoms with Crippen molar-refractivity contribution >= 4 is 11.8 Å². The van der Waals surface area contributed by atoms with Crippen LogP contribution in [0.4, 0.5) is 0 Å². The normalized spacial score (nSPS) is 16.9. The molecule has 0 unspecified atom stereocenters. The van der Waals surface area contributed by atoms with E-state index in [1.807, 2.05) is 18.2 Å². The van der Waals surface area contributed by atoms with Gasteiger partial charge >= 0.3 is 0 Å². The zero-order valence-electron chi connectivity index (χ0n) is 12.3. The van der Waals surface area contributed by atoms with Gasteiger partial charge in [-0.3, -0.25) is 9.59 Å². The van der Waals surface area contributed by atoms with Crippen molar-refractivity contribution in [2.24, 2.45) is 0 Å². The van der Waals surface area contributed by atoms with E-state index in [0.717, 1.165) is 0 Å². The number of ether oxygens (including phenoxy) is 1. The molecule has 8 heteroatoms. The lowest BCUT2D eigenvalue weighted by molar-refractivity contribution is -0.123. The number of carbonyl (C=O) groups is 2. The molecule has 1 aromatic heterocycles. The topological polar surface area (TPSA) is 106 Å². The lowest BCUT2D eigenvalue weighted by Crippen LogP contribution is -2.28. The highest BCUT2D eigenvalue weighted by Crippen LogP contribution is 2.21. The molecule has 1 fully saturated rings. The number of benzene rings is 1. The number of hydrogen-bond donors (Lipinski definition) is 2. The van der Waals surface area contributed by atoms with E-state index in [9.17, 15) is 9.59 Å². The van der Waals surface area contributed by atoms with Gasteiger partial charge in [-0.2, -0.15) is 4.98 Å². The first-order valence-electron chi connectivity index (χ1n) is 7.27. The molecule has 1 aliphatic rings. The highest BCUT2D eigenvalue weighted by molar-refractivity contribution is 5.78. The number of para-hydroxylation sites is 1. The zero-order valence-corrected chi connectivity index (χ0v) is 12.3. The first-order valence-corrected chi connectivity index (χ1v) is 7.27. The van der Waals surface area contributed by atoms with Crippen LogP contribution in [0, 0.1) is 0 Å². The van der Waals surface area contributed by atoms with E-state index in [-0.39, 0.29) is 31.0 Å². The standard InChI is InChI=1S/C15H16N4O4/c20-13-7-6-11(17-13)15-18-12(19-23-15)8-16-14(21)9-22-10-4-2-1-3-5-10/h1-5,11H,6-9H2,(H,16,21)(H,17,20)/t11-/m0/s1. The van der Waals surface area contributed by atoms with Crippen molar-refractivity contribution in [1.29, 1.82) is 0 Å². The summed E-state index contributed by atoms with van der Waals surface area (Å²) in [4.78, 5) is 27.1. The molecule has 0 bridgehead atoms. The predicted octanol–water partition coefficient (Wildman–Crippen LogP) is 0.716. The SMILES string of the molecule is O=C(COc1ccccc1)NCc1noc([C@@H]2CCC(=O)N2)n1. The quantitative estimate of drug-likeness (QED) is 0.813. The van der Waals surface area contributed by atoms with E-state index in [0.29, 0.717) is 30.3 Å². The minimum absolute atomic E-state index is 0.0267. The van der Waals surface area contributed by atoms with Gasteiger partial charge < -0.3 is 19.9 Å². The molecular weight excluding hydrogens is 300 g/mol. The van der Waals surface area contributed by atoms with Crippen molar-refractivity contribution in [1.82, 2.24) is 20.8 Å². The fourth-order valence-corrected chi connectivity index (χ4v) is 2.17. The Balaban J connectivity index is 1.44. The van der Waals surface area contributed by atoms with E-state index in [1.54, 1.807) is 12.1 Å². The summed E-state index contributed by atoms with van der Waals surface area (Å²) in [5.41, 5.74) is 0. The van der Waals surface area contributed by atoms with E-state index >= 15 is 0 Å². The van der Waals surface area contributed by atoms with Gasteiger partial charge in [0.05, 0.1) is 6.54 Å². The number of amides is 2. The molecule has 2 aromatic rings. The summed E-state index contributed by atoms with van der Waals surface area (Å²) in [6.07, 6.45) is 1.09. The van der Waals surface area contributed by atoms with Crippen LogP contribution in [0.3, 0.4) is 0 Å². The highest BCUT2D eigenvalue weighted by atomic mass is 16.5. The van der Waals surface area contributed by atoms with Crippen molar-refractivity contribution in [2.75, 3.05) is 6.61 Å². The molecular formula is C15H16N4O4. The summed E-state index contributed by atoms with van der Waals surface area (Å²) in [5, 5.41) is 9.17. The van der Waals surface area contributed by atoms with Crippen LogP contribution in [0.5, 0.6) is 5.75 Å². The molecule has 1 aliphatic heterocycles. The zero-order chi connectivity index (χ0) is 16.1. The second kappa shape index (κ2) is 6.91. The molecule has 23 heavy (non-hydrogen) atoms. The maximum atomic E-state index is 11.7. The molecule has 3 rings (SSSR count). The molecule has 1 saturated heterocycles. The second-order valence-corrected chi connectivity index (χ2v) is 5.09. The molecule has 0 radical (unpaired) electrons. The third-order valence-electron chi connectivity index (χ3n) is 3.33. The molecule has 1 aromatic carbocycles. The van der Waals surface area contributed by atoms with E-state index < -0.39 is 0 Å². The Morgan fingerprint density at radius 3 is 2.96 bits per heavy atom. The predicted molar refractivity (Wildman–Crippen MR) is 78.2 cm³/mol. The average molecular weight is 316 g/mol. The van der Waals surface area contributed by atoms with Crippen molar-refractivity contribution in [3.8, 4) is 5.75 Å². The summed E-state index contributed by atoms with van der Waals surface area (Å²) >= 11 is 0. The van der Waals surface area contributed by atoms with Crippen molar-refractivity contribution in [3.05, 3.63) is 42.0 Å². The molecule has 0 aliphatic carbocycles. The number of carbonyl (C=O) groups excluding carboxylic acids is 2. The number of hydrogen-bond acceptors (Lipinski definition) is 6. The molecule has 0 saturated carbocycles. The van der Waals surface area contributed by atoms with Crippen LogP contribution in [0.25, 0.3) is 0 Å². The van der Waals surface area contributed by atoms with Crippen LogP contribution in [0.2, 0.25) is 0 Å². The molecule has 8 nitrogen and oxygen atoms in total. The Morgan fingerprint density at radius 1 is 1.39 bits per heavy atom. The molecule has 120 valence electrons. The fraction of sp³-hybridized carbons (Fsp3) is 0.333. The largest absolute Gasteiger partial charge is 0.484 e. The van der Waals surface area contributed by atoms with Gasteiger partial charge in [-0.05, 0) is 18.6 Å². The second-order valence-electron chi connectivity index (χ2n) is 5.09. The number of nitrogens with zero attached hydrogens (tertiary/aromatic N) is 2. The number of aromatic nitrogens is 2. The van der Waals surface area contributed by atoms with Crippen molar-refractivity contribution in [2.45, 2.75) is 25.4 Å².